The molecule has 1 aliphatic heterocycles. The van der Waals surface area contributed by atoms with Crippen molar-refractivity contribution in [3.8, 4) is 0 Å². The van der Waals surface area contributed by atoms with E-state index in [1.165, 1.54) is 0 Å². The Bertz CT molecular complexity index is 1030. The van der Waals surface area contributed by atoms with E-state index in [1.54, 1.807) is 25.4 Å². The number of carbonyl (C=O) groups is 1. The normalized spacial score (nSPS) is 16.3. The van der Waals surface area contributed by atoms with E-state index in [1.807, 2.05) is 47.5 Å². The summed E-state index contributed by atoms with van der Waals surface area (Å²) >= 11 is 6.26. The molecule has 0 radical (unpaired) electrons. The summed E-state index contributed by atoms with van der Waals surface area (Å²) in [6.07, 6.45) is 3.96. The molecule has 30 heavy (non-hydrogen) atoms. The molecule has 4 rings (SSSR count). The third-order valence-corrected chi connectivity index (χ3v) is 5.52. The molecule has 1 amide bonds. The van der Waals surface area contributed by atoms with Crippen LogP contribution in [-0.4, -0.2) is 47.5 Å². The van der Waals surface area contributed by atoms with Gasteiger partial charge in [-0.2, -0.15) is 0 Å². The van der Waals surface area contributed by atoms with Gasteiger partial charge >= 0.3 is 0 Å². The first-order valence-electron chi connectivity index (χ1n) is 9.87. The lowest BCUT2D eigenvalue weighted by molar-refractivity contribution is -0.0247. The van der Waals surface area contributed by atoms with Gasteiger partial charge in [0.2, 0.25) is 0 Å². The predicted molar refractivity (Wildman–Crippen MR) is 117 cm³/mol. The van der Waals surface area contributed by atoms with Crippen LogP contribution in [0, 0.1) is 0 Å². The third-order valence-electron chi connectivity index (χ3n) is 5.15. The van der Waals surface area contributed by atoms with Gasteiger partial charge in [0.25, 0.3) is 5.91 Å². The number of carbonyl (C=O) groups excluding carboxylic acids is 1. The number of halogens is 1. The van der Waals surface area contributed by atoms with Gasteiger partial charge in [0.15, 0.2) is 0 Å². The topological polar surface area (TPSA) is 67.4 Å². The number of aromatic nitrogens is 2. The Morgan fingerprint density at radius 3 is 2.87 bits per heavy atom. The van der Waals surface area contributed by atoms with Crippen molar-refractivity contribution in [2.24, 2.45) is 0 Å². The molecule has 1 fully saturated rings. The van der Waals surface area contributed by atoms with Gasteiger partial charge in [0.05, 0.1) is 18.8 Å². The van der Waals surface area contributed by atoms with E-state index in [4.69, 9.17) is 16.3 Å². The fourth-order valence-electron chi connectivity index (χ4n) is 3.49. The Labute approximate surface area is 180 Å². The van der Waals surface area contributed by atoms with Crippen LogP contribution in [0.2, 0.25) is 5.02 Å². The van der Waals surface area contributed by atoms with Crippen LogP contribution >= 0.6 is 11.6 Å². The number of amides is 1. The first-order valence-corrected chi connectivity index (χ1v) is 10.2. The molecule has 6 nitrogen and oxygen atoms in total. The lowest BCUT2D eigenvalue weighted by Gasteiger charge is -2.32. The van der Waals surface area contributed by atoms with Crippen molar-refractivity contribution >= 4 is 23.3 Å². The minimum Gasteiger partial charge on any atom is -0.373 e. The van der Waals surface area contributed by atoms with Gasteiger partial charge < -0.3 is 15.0 Å². The molecule has 3 heterocycles. The molecule has 0 unspecified atom stereocenters. The smallest absolute Gasteiger partial charge is 0.254 e. The number of hydrogen-bond acceptors (Lipinski definition) is 5. The summed E-state index contributed by atoms with van der Waals surface area (Å²) in [7, 11) is 1.78. The number of benzene rings is 1. The molecule has 0 aliphatic carbocycles. The zero-order valence-corrected chi connectivity index (χ0v) is 17.5. The van der Waals surface area contributed by atoms with Crippen molar-refractivity contribution in [2.75, 3.05) is 32.1 Å². The Morgan fingerprint density at radius 1 is 1.23 bits per heavy atom. The van der Waals surface area contributed by atoms with Gasteiger partial charge in [-0.3, -0.25) is 9.78 Å². The molecule has 1 saturated heterocycles. The molecule has 2 aromatic heterocycles. The van der Waals surface area contributed by atoms with Crippen molar-refractivity contribution < 1.29 is 9.53 Å². The molecule has 1 N–H and O–H groups in total. The van der Waals surface area contributed by atoms with Gasteiger partial charge in [-0.15, -0.1) is 0 Å². The Hall–Kier alpha value is -2.96. The van der Waals surface area contributed by atoms with Gasteiger partial charge in [0.1, 0.15) is 11.9 Å². The average molecular weight is 423 g/mol. The molecular weight excluding hydrogens is 400 g/mol. The average Bonchev–Trinajstić information content (AvgIpc) is 2.81. The fraction of sp³-hybridized carbons (Fsp3) is 0.261. The highest BCUT2D eigenvalue weighted by Gasteiger charge is 2.27. The van der Waals surface area contributed by atoms with Crippen molar-refractivity contribution in [1.82, 2.24) is 14.9 Å². The van der Waals surface area contributed by atoms with Crippen molar-refractivity contribution in [3.05, 3.63) is 88.3 Å². The van der Waals surface area contributed by atoms with Crippen LogP contribution in [0.25, 0.3) is 0 Å². The molecule has 1 atom stereocenters. The van der Waals surface area contributed by atoms with Gasteiger partial charge in [-0.05, 0) is 35.4 Å². The van der Waals surface area contributed by atoms with Gasteiger partial charge in [-0.25, -0.2) is 4.98 Å². The summed E-state index contributed by atoms with van der Waals surface area (Å²) in [6, 6.07) is 15.3. The molecule has 0 saturated carbocycles. The number of nitrogens with one attached hydrogen (secondary N) is 1. The summed E-state index contributed by atoms with van der Waals surface area (Å²) in [5.74, 6) is 0.638. The second kappa shape index (κ2) is 9.24. The minimum atomic E-state index is -0.248. The monoisotopic (exact) mass is 422 g/mol. The van der Waals surface area contributed by atoms with Gasteiger partial charge in [0, 0.05) is 43.0 Å². The van der Waals surface area contributed by atoms with E-state index in [9.17, 15) is 4.79 Å². The number of morpholine rings is 1. The van der Waals surface area contributed by atoms with Crippen LogP contribution in [-0.2, 0) is 11.2 Å². The van der Waals surface area contributed by atoms with E-state index >= 15 is 0 Å². The van der Waals surface area contributed by atoms with E-state index in [0.717, 1.165) is 28.3 Å². The van der Waals surface area contributed by atoms with Crippen molar-refractivity contribution in [3.63, 3.8) is 0 Å². The van der Waals surface area contributed by atoms with Crippen LogP contribution in [0.5, 0.6) is 0 Å². The SMILES string of the molecule is CNc1cc(C(=O)N2CCO[C@@H](c3ccc(Cc4ccccc4Cl)cn3)C2)ccn1. The zero-order chi connectivity index (χ0) is 20.9. The maximum absolute atomic E-state index is 12.9. The maximum Gasteiger partial charge on any atom is 0.254 e. The third kappa shape index (κ3) is 4.61. The molecule has 154 valence electrons. The highest BCUT2D eigenvalue weighted by atomic mass is 35.5. The molecule has 0 spiro atoms. The first-order chi connectivity index (χ1) is 14.6. The van der Waals surface area contributed by atoms with E-state index in [0.29, 0.717) is 31.1 Å². The number of anilines is 1. The second-order valence-corrected chi connectivity index (χ2v) is 7.56. The van der Waals surface area contributed by atoms with Crippen LogP contribution in [0.4, 0.5) is 5.82 Å². The van der Waals surface area contributed by atoms with Gasteiger partial charge in [-0.1, -0.05) is 35.9 Å². The molecule has 1 aliphatic rings. The molecule has 0 bridgehead atoms. The Balaban J connectivity index is 1.44. The number of hydrogen-bond donors (Lipinski definition) is 1. The van der Waals surface area contributed by atoms with E-state index in [-0.39, 0.29) is 12.0 Å². The summed E-state index contributed by atoms with van der Waals surface area (Å²) in [6.45, 7) is 1.49. The Morgan fingerprint density at radius 2 is 2.10 bits per heavy atom. The van der Waals surface area contributed by atoms with Crippen molar-refractivity contribution in [1.29, 1.82) is 0 Å². The first kappa shape index (κ1) is 20.3. The summed E-state index contributed by atoms with van der Waals surface area (Å²) < 4.78 is 5.90. The van der Waals surface area contributed by atoms with Crippen LogP contribution in [0.1, 0.15) is 33.3 Å². The molecule has 3 aromatic rings. The molecule has 7 heteroatoms. The molecule has 1 aromatic carbocycles. The fourth-order valence-corrected chi connectivity index (χ4v) is 3.69. The van der Waals surface area contributed by atoms with Crippen molar-refractivity contribution in [2.45, 2.75) is 12.5 Å². The Kier molecular flexibility index (Phi) is 6.26. The highest BCUT2D eigenvalue weighted by molar-refractivity contribution is 6.31. The maximum atomic E-state index is 12.9. The summed E-state index contributed by atoms with van der Waals surface area (Å²) in [5, 5.41) is 3.71. The van der Waals surface area contributed by atoms with E-state index in [2.05, 4.69) is 15.3 Å². The number of nitrogens with zero attached hydrogens (tertiary/aromatic N) is 3. The van der Waals surface area contributed by atoms with Crippen LogP contribution in [0.15, 0.2) is 60.9 Å². The number of rotatable bonds is 5. The van der Waals surface area contributed by atoms with E-state index < -0.39 is 0 Å². The lowest BCUT2D eigenvalue weighted by atomic mass is 10.1. The van der Waals surface area contributed by atoms with Crippen LogP contribution < -0.4 is 5.32 Å². The summed E-state index contributed by atoms with van der Waals surface area (Å²) in [4.78, 5) is 23.5. The molecular formula is C23H23ClN4O2. The lowest BCUT2D eigenvalue weighted by Crippen LogP contribution is -2.42. The highest BCUT2D eigenvalue weighted by Crippen LogP contribution is 2.24. The quantitative estimate of drug-likeness (QED) is 0.673. The minimum absolute atomic E-state index is 0.0301. The standard InChI is InChI=1S/C23H23ClN4O2/c1-25-22-13-18(8-9-26-22)23(29)28-10-11-30-21(15-28)20-7-6-16(14-27-20)12-17-4-2-3-5-19(17)24/h2-9,13-14,21H,10-12,15H2,1H3,(H,25,26)/t21-/m1/s1. The zero-order valence-electron chi connectivity index (χ0n) is 16.7. The predicted octanol–water partition coefficient (Wildman–Crippen LogP) is 3.98. The largest absolute Gasteiger partial charge is 0.373 e. The second-order valence-electron chi connectivity index (χ2n) is 7.15. The number of ether oxygens (including phenoxy) is 1. The number of pyridine rings is 2. The summed E-state index contributed by atoms with van der Waals surface area (Å²) in [5.41, 5.74) is 3.57. The van der Waals surface area contributed by atoms with Crippen LogP contribution in [0.3, 0.4) is 0 Å².